The van der Waals surface area contributed by atoms with E-state index >= 15 is 0 Å². The summed E-state index contributed by atoms with van der Waals surface area (Å²) in [6, 6.07) is 0. The molecule has 126 valence electrons. The fourth-order valence-electron chi connectivity index (χ4n) is 3.29. The van der Waals surface area contributed by atoms with Crippen molar-refractivity contribution >= 4 is 11.8 Å². The number of ether oxygens (including phenoxy) is 1. The SMILES string of the molecule is CC1=CCCC(C)(C)C1CCC(=O)CCC(=O)OC(C)(C)C. The zero-order valence-corrected chi connectivity index (χ0v) is 15.1. The van der Waals surface area contributed by atoms with Crippen LogP contribution in [0.5, 0.6) is 0 Å². The first kappa shape index (κ1) is 18.9. The lowest BCUT2D eigenvalue weighted by molar-refractivity contribution is -0.155. The largest absolute Gasteiger partial charge is 0.460 e. The molecule has 0 heterocycles. The third-order valence-corrected chi connectivity index (χ3v) is 4.49. The van der Waals surface area contributed by atoms with E-state index in [1.165, 1.54) is 12.0 Å². The van der Waals surface area contributed by atoms with E-state index in [9.17, 15) is 9.59 Å². The van der Waals surface area contributed by atoms with Crippen LogP contribution in [-0.4, -0.2) is 17.4 Å². The van der Waals surface area contributed by atoms with Gasteiger partial charge >= 0.3 is 5.97 Å². The molecule has 1 rings (SSSR count). The van der Waals surface area contributed by atoms with Crippen molar-refractivity contribution in [2.75, 3.05) is 0 Å². The smallest absolute Gasteiger partial charge is 0.306 e. The fraction of sp³-hybridized carbons (Fsp3) is 0.789. The van der Waals surface area contributed by atoms with Crippen molar-refractivity contribution in [2.24, 2.45) is 11.3 Å². The predicted molar refractivity (Wildman–Crippen MR) is 89.6 cm³/mol. The molecule has 0 amide bonds. The van der Waals surface area contributed by atoms with E-state index in [2.05, 4.69) is 26.8 Å². The van der Waals surface area contributed by atoms with E-state index in [0.717, 1.165) is 12.8 Å². The Morgan fingerprint density at radius 3 is 2.41 bits per heavy atom. The molecule has 1 unspecified atom stereocenters. The number of rotatable bonds is 6. The minimum atomic E-state index is -0.478. The number of carbonyl (C=O) groups is 2. The Balaban J connectivity index is 2.38. The fourth-order valence-corrected chi connectivity index (χ4v) is 3.29. The molecular weight excluding hydrogens is 276 g/mol. The second-order valence-corrected chi connectivity index (χ2v) is 8.19. The van der Waals surface area contributed by atoms with Crippen LogP contribution in [0.1, 0.15) is 80.1 Å². The number of carbonyl (C=O) groups excluding carboxylic acids is 2. The highest BCUT2D eigenvalue weighted by molar-refractivity contribution is 5.83. The van der Waals surface area contributed by atoms with Crippen LogP contribution in [0.25, 0.3) is 0 Å². The summed E-state index contributed by atoms with van der Waals surface area (Å²) in [5, 5.41) is 0. The van der Waals surface area contributed by atoms with Crippen LogP contribution in [0.2, 0.25) is 0 Å². The number of hydrogen-bond acceptors (Lipinski definition) is 3. The van der Waals surface area contributed by atoms with Gasteiger partial charge in [0, 0.05) is 12.8 Å². The lowest BCUT2D eigenvalue weighted by atomic mass is 9.67. The van der Waals surface area contributed by atoms with Crippen molar-refractivity contribution in [3.05, 3.63) is 11.6 Å². The molecule has 0 aromatic heterocycles. The minimum absolute atomic E-state index is 0.167. The zero-order valence-electron chi connectivity index (χ0n) is 15.1. The first-order valence-corrected chi connectivity index (χ1v) is 8.41. The van der Waals surface area contributed by atoms with Crippen LogP contribution in [0.4, 0.5) is 0 Å². The Hall–Kier alpha value is -1.12. The lowest BCUT2D eigenvalue weighted by Crippen LogP contribution is -2.28. The highest BCUT2D eigenvalue weighted by Crippen LogP contribution is 2.43. The number of ketones is 1. The van der Waals surface area contributed by atoms with Crippen LogP contribution in [0.3, 0.4) is 0 Å². The van der Waals surface area contributed by atoms with E-state index in [-0.39, 0.29) is 23.6 Å². The van der Waals surface area contributed by atoms with Crippen molar-refractivity contribution in [3.63, 3.8) is 0 Å². The molecule has 0 aliphatic heterocycles. The number of esters is 1. The van der Waals surface area contributed by atoms with E-state index in [1.807, 2.05) is 20.8 Å². The first-order valence-electron chi connectivity index (χ1n) is 8.41. The molecule has 22 heavy (non-hydrogen) atoms. The maximum atomic E-state index is 12.0. The average Bonchev–Trinajstić information content (AvgIpc) is 2.33. The molecule has 1 aliphatic rings. The summed E-state index contributed by atoms with van der Waals surface area (Å²) in [5.74, 6) is 0.363. The van der Waals surface area contributed by atoms with Crippen LogP contribution in [-0.2, 0) is 14.3 Å². The molecule has 3 heteroatoms. The molecule has 0 bridgehead atoms. The molecule has 0 radical (unpaired) electrons. The van der Waals surface area contributed by atoms with Gasteiger partial charge in [0.1, 0.15) is 11.4 Å². The first-order chi connectivity index (χ1) is 10.0. The standard InChI is InChI=1S/C19H32O3/c1-14-8-7-13-19(5,6)16(14)11-9-15(20)10-12-17(21)22-18(2,3)4/h8,16H,7,9-13H2,1-6H3. The molecule has 1 atom stereocenters. The Morgan fingerprint density at radius 1 is 1.23 bits per heavy atom. The molecule has 0 aromatic carbocycles. The van der Waals surface area contributed by atoms with Crippen molar-refractivity contribution in [3.8, 4) is 0 Å². The zero-order chi connectivity index (χ0) is 17.0. The van der Waals surface area contributed by atoms with Gasteiger partial charge in [0.25, 0.3) is 0 Å². The van der Waals surface area contributed by atoms with Crippen LogP contribution < -0.4 is 0 Å². The van der Waals surface area contributed by atoms with Crippen molar-refractivity contribution in [1.82, 2.24) is 0 Å². The maximum absolute atomic E-state index is 12.0. The van der Waals surface area contributed by atoms with E-state index in [0.29, 0.717) is 18.8 Å². The normalized spacial score (nSPS) is 21.2. The maximum Gasteiger partial charge on any atom is 0.306 e. The molecule has 3 nitrogen and oxygen atoms in total. The summed E-state index contributed by atoms with van der Waals surface area (Å²) in [6.45, 7) is 12.3. The summed E-state index contributed by atoms with van der Waals surface area (Å²) in [7, 11) is 0. The second kappa shape index (κ2) is 7.43. The van der Waals surface area contributed by atoms with Gasteiger partial charge in [-0.3, -0.25) is 9.59 Å². The summed E-state index contributed by atoms with van der Waals surface area (Å²) in [5.41, 5.74) is 1.20. The summed E-state index contributed by atoms with van der Waals surface area (Å²) in [4.78, 5) is 23.7. The summed E-state index contributed by atoms with van der Waals surface area (Å²) in [6.07, 6.45) is 6.57. The van der Waals surface area contributed by atoms with Gasteiger partial charge in [0.05, 0.1) is 6.42 Å². The van der Waals surface area contributed by atoms with Crippen molar-refractivity contribution in [2.45, 2.75) is 85.7 Å². The van der Waals surface area contributed by atoms with Gasteiger partial charge in [-0.1, -0.05) is 25.5 Å². The van der Waals surface area contributed by atoms with E-state index in [1.54, 1.807) is 0 Å². The van der Waals surface area contributed by atoms with Crippen molar-refractivity contribution < 1.29 is 14.3 Å². The summed E-state index contributed by atoms with van der Waals surface area (Å²) < 4.78 is 5.23. The number of hydrogen-bond donors (Lipinski definition) is 0. The molecule has 0 fully saturated rings. The molecule has 0 aromatic rings. The quantitative estimate of drug-likeness (QED) is 0.521. The van der Waals surface area contributed by atoms with Crippen LogP contribution in [0.15, 0.2) is 11.6 Å². The molecular formula is C19H32O3. The molecule has 0 N–H and O–H groups in total. The average molecular weight is 308 g/mol. The topological polar surface area (TPSA) is 43.4 Å². The minimum Gasteiger partial charge on any atom is -0.460 e. The van der Waals surface area contributed by atoms with Gasteiger partial charge in [0.2, 0.25) is 0 Å². The molecule has 0 saturated carbocycles. The highest BCUT2D eigenvalue weighted by Gasteiger charge is 2.32. The molecule has 0 saturated heterocycles. The van der Waals surface area contributed by atoms with Gasteiger partial charge in [-0.2, -0.15) is 0 Å². The van der Waals surface area contributed by atoms with E-state index in [4.69, 9.17) is 4.74 Å². The second-order valence-electron chi connectivity index (χ2n) is 8.19. The number of allylic oxidation sites excluding steroid dienone is 2. The van der Waals surface area contributed by atoms with E-state index < -0.39 is 5.60 Å². The van der Waals surface area contributed by atoms with Crippen molar-refractivity contribution in [1.29, 1.82) is 0 Å². The highest BCUT2D eigenvalue weighted by atomic mass is 16.6. The van der Waals surface area contributed by atoms with Gasteiger partial charge < -0.3 is 4.74 Å². The Labute approximate surface area is 135 Å². The Bertz CT molecular complexity index is 438. The lowest BCUT2D eigenvalue weighted by Gasteiger charge is -2.38. The van der Waals surface area contributed by atoms with Gasteiger partial charge in [-0.15, -0.1) is 0 Å². The Kier molecular flexibility index (Phi) is 6.39. The third-order valence-electron chi connectivity index (χ3n) is 4.49. The van der Waals surface area contributed by atoms with Gasteiger partial charge in [-0.25, -0.2) is 0 Å². The monoisotopic (exact) mass is 308 g/mol. The third kappa shape index (κ3) is 6.33. The van der Waals surface area contributed by atoms with Crippen LogP contribution in [0, 0.1) is 11.3 Å². The molecule has 0 spiro atoms. The number of Topliss-reactive ketones (excluding diaryl/α,β-unsaturated/α-hetero) is 1. The molecule has 1 aliphatic carbocycles. The van der Waals surface area contributed by atoms with Gasteiger partial charge in [0.15, 0.2) is 0 Å². The van der Waals surface area contributed by atoms with Crippen LogP contribution >= 0.6 is 0 Å². The predicted octanol–water partition coefficient (Wildman–Crippen LogP) is 4.84. The Morgan fingerprint density at radius 2 is 1.86 bits per heavy atom. The van der Waals surface area contributed by atoms with Gasteiger partial charge in [-0.05, 0) is 58.3 Å². The summed E-state index contributed by atoms with van der Waals surface area (Å²) >= 11 is 0.